The molecule has 0 aliphatic heterocycles. The zero-order chi connectivity index (χ0) is 11.1. The molecule has 0 fully saturated rings. The number of hydrogen-bond acceptors (Lipinski definition) is 4. The Morgan fingerprint density at radius 1 is 1.38 bits per heavy atom. The highest BCUT2D eigenvalue weighted by Gasteiger charge is 2.08. The maximum absolute atomic E-state index is 5.85. The van der Waals surface area contributed by atoms with Crippen molar-refractivity contribution in [3.05, 3.63) is 29.4 Å². The van der Waals surface area contributed by atoms with Crippen LogP contribution >= 0.6 is 22.9 Å². The number of halogens is 1. The maximum Gasteiger partial charge on any atom is 0.178 e. The van der Waals surface area contributed by atoms with Gasteiger partial charge in [0, 0.05) is 6.20 Å². The number of imidazole rings is 1. The molecule has 6 heteroatoms. The lowest BCUT2D eigenvalue weighted by Crippen LogP contribution is -1.75. The van der Waals surface area contributed by atoms with E-state index in [-0.39, 0.29) is 0 Å². The highest BCUT2D eigenvalue weighted by molar-refractivity contribution is 7.19. The monoisotopic (exact) mass is 250 g/mol. The molecule has 0 aromatic carbocycles. The minimum atomic E-state index is 0.591. The lowest BCUT2D eigenvalue weighted by Gasteiger charge is -1.87. The number of H-pyrrole nitrogens is 1. The Labute approximate surface area is 100 Å². The first-order valence-corrected chi connectivity index (χ1v) is 5.79. The number of nitrogens with two attached hydrogens (primary N) is 1. The van der Waals surface area contributed by atoms with Gasteiger partial charge in [0.25, 0.3) is 0 Å². The minimum absolute atomic E-state index is 0.591. The van der Waals surface area contributed by atoms with E-state index in [1.54, 1.807) is 12.3 Å². The van der Waals surface area contributed by atoms with Crippen LogP contribution in [0.1, 0.15) is 0 Å². The van der Waals surface area contributed by atoms with Gasteiger partial charge in [-0.05, 0) is 18.2 Å². The molecule has 0 amide bonds. The molecule has 80 valence electrons. The highest BCUT2D eigenvalue weighted by Crippen LogP contribution is 2.28. The van der Waals surface area contributed by atoms with Crippen LogP contribution in [-0.4, -0.2) is 15.0 Å². The number of pyridine rings is 1. The molecule has 0 bridgehead atoms. The fourth-order valence-corrected chi connectivity index (χ4v) is 2.35. The Bertz CT molecular complexity index is 658. The van der Waals surface area contributed by atoms with Crippen molar-refractivity contribution < 1.29 is 0 Å². The molecule has 3 aromatic rings. The van der Waals surface area contributed by atoms with E-state index in [0.29, 0.717) is 10.7 Å². The first-order valence-electron chi connectivity index (χ1n) is 4.59. The number of nitrogens with one attached hydrogen (secondary N) is 1. The molecule has 16 heavy (non-hydrogen) atoms. The number of rotatable bonds is 1. The number of thiophene rings is 1. The number of nitrogen functional groups attached to an aromatic ring is 1. The first kappa shape index (κ1) is 9.62. The summed E-state index contributed by atoms with van der Waals surface area (Å²) in [6.07, 6.45) is 1.58. The Morgan fingerprint density at radius 3 is 3.00 bits per heavy atom. The average molecular weight is 251 g/mol. The summed E-state index contributed by atoms with van der Waals surface area (Å²) in [7, 11) is 0. The summed E-state index contributed by atoms with van der Waals surface area (Å²) in [5.74, 6) is 0.770. The Morgan fingerprint density at radius 2 is 2.25 bits per heavy atom. The summed E-state index contributed by atoms with van der Waals surface area (Å²) in [6, 6.07) is 5.59. The largest absolute Gasteiger partial charge is 0.391 e. The molecule has 0 atom stereocenters. The van der Waals surface area contributed by atoms with Crippen molar-refractivity contribution in [1.82, 2.24) is 15.0 Å². The Balaban J connectivity index is 2.18. The van der Waals surface area contributed by atoms with Crippen molar-refractivity contribution in [2.75, 3.05) is 5.73 Å². The molecule has 0 aliphatic rings. The SMILES string of the molecule is Nc1ccc(-c2nc3ncc(Cl)cc3[nH]2)s1. The highest BCUT2D eigenvalue weighted by atomic mass is 35.5. The van der Waals surface area contributed by atoms with E-state index in [1.165, 1.54) is 11.3 Å². The smallest absolute Gasteiger partial charge is 0.178 e. The molecular weight excluding hydrogens is 244 g/mol. The molecular formula is C10H7ClN4S. The summed E-state index contributed by atoms with van der Waals surface area (Å²) >= 11 is 7.33. The number of aromatic nitrogens is 3. The standard InChI is InChI=1S/C10H7ClN4S/c11-5-3-6-9(13-4-5)15-10(14-6)7-1-2-8(12)16-7/h1-4H,12H2,(H,13,14,15). The van der Waals surface area contributed by atoms with Crippen molar-refractivity contribution in [1.29, 1.82) is 0 Å². The van der Waals surface area contributed by atoms with Crippen molar-refractivity contribution in [2.45, 2.75) is 0 Å². The van der Waals surface area contributed by atoms with Crippen LogP contribution in [0.2, 0.25) is 5.02 Å². The van der Waals surface area contributed by atoms with Gasteiger partial charge in [0.1, 0.15) is 0 Å². The quantitative estimate of drug-likeness (QED) is 0.698. The predicted octanol–water partition coefficient (Wildman–Crippen LogP) is 2.92. The van der Waals surface area contributed by atoms with Gasteiger partial charge >= 0.3 is 0 Å². The Kier molecular flexibility index (Phi) is 2.08. The second-order valence-electron chi connectivity index (χ2n) is 3.31. The second-order valence-corrected chi connectivity index (χ2v) is 4.86. The van der Waals surface area contributed by atoms with Crippen LogP contribution in [-0.2, 0) is 0 Å². The van der Waals surface area contributed by atoms with Gasteiger partial charge in [0.2, 0.25) is 0 Å². The second kappa shape index (κ2) is 3.47. The van der Waals surface area contributed by atoms with E-state index >= 15 is 0 Å². The third-order valence-electron chi connectivity index (χ3n) is 2.16. The van der Waals surface area contributed by atoms with E-state index < -0.39 is 0 Å². The maximum atomic E-state index is 5.85. The molecule has 3 rings (SSSR count). The van der Waals surface area contributed by atoms with Crippen LogP contribution in [0.25, 0.3) is 21.9 Å². The molecule has 0 saturated carbocycles. The summed E-state index contributed by atoms with van der Waals surface area (Å²) in [5.41, 5.74) is 7.16. The number of nitrogens with zero attached hydrogens (tertiary/aromatic N) is 2. The van der Waals surface area contributed by atoms with Crippen LogP contribution in [0.5, 0.6) is 0 Å². The van der Waals surface area contributed by atoms with Crippen molar-refractivity contribution in [2.24, 2.45) is 0 Å². The van der Waals surface area contributed by atoms with Crippen LogP contribution in [0.3, 0.4) is 0 Å². The van der Waals surface area contributed by atoms with Crippen molar-refractivity contribution >= 4 is 39.1 Å². The van der Waals surface area contributed by atoms with Gasteiger partial charge < -0.3 is 10.7 Å². The zero-order valence-electron chi connectivity index (χ0n) is 8.07. The number of fused-ring (bicyclic) bond motifs is 1. The number of anilines is 1. The van der Waals surface area contributed by atoms with E-state index in [2.05, 4.69) is 15.0 Å². The summed E-state index contributed by atoms with van der Waals surface area (Å²) in [5, 5.41) is 1.36. The lowest BCUT2D eigenvalue weighted by molar-refractivity contribution is 1.31. The fraction of sp³-hybridized carbons (Fsp3) is 0. The topological polar surface area (TPSA) is 67.6 Å². The third kappa shape index (κ3) is 1.54. The predicted molar refractivity (Wildman–Crippen MR) is 66.6 cm³/mol. The molecule has 3 heterocycles. The van der Waals surface area contributed by atoms with E-state index in [9.17, 15) is 0 Å². The molecule has 3 N–H and O–H groups in total. The number of hydrogen-bond donors (Lipinski definition) is 2. The molecule has 0 aliphatic carbocycles. The minimum Gasteiger partial charge on any atom is -0.391 e. The van der Waals surface area contributed by atoms with Crippen LogP contribution in [0.4, 0.5) is 5.00 Å². The number of aromatic amines is 1. The first-order chi connectivity index (χ1) is 7.72. The van der Waals surface area contributed by atoms with Gasteiger partial charge in [-0.1, -0.05) is 11.6 Å². The van der Waals surface area contributed by atoms with Crippen molar-refractivity contribution in [3.63, 3.8) is 0 Å². The van der Waals surface area contributed by atoms with Gasteiger partial charge in [-0.3, -0.25) is 0 Å². The lowest BCUT2D eigenvalue weighted by atomic mass is 10.4. The van der Waals surface area contributed by atoms with Gasteiger partial charge in [-0.15, -0.1) is 11.3 Å². The van der Waals surface area contributed by atoms with Gasteiger partial charge in [-0.2, -0.15) is 0 Å². The molecule has 0 radical (unpaired) electrons. The molecule has 4 nitrogen and oxygen atoms in total. The fourth-order valence-electron chi connectivity index (χ4n) is 1.47. The van der Waals surface area contributed by atoms with Crippen LogP contribution in [0, 0.1) is 0 Å². The summed E-state index contributed by atoms with van der Waals surface area (Å²) in [4.78, 5) is 12.7. The van der Waals surface area contributed by atoms with Crippen LogP contribution in [0.15, 0.2) is 24.4 Å². The summed E-state index contributed by atoms with van der Waals surface area (Å²) < 4.78 is 0. The van der Waals surface area contributed by atoms with Gasteiger partial charge in [-0.25, -0.2) is 9.97 Å². The zero-order valence-corrected chi connectivity index (χ0v) is 9.64. The molecule has 0 spiro atoms. The van der Waals surface area contributed by atoms with E-state index in [0.717, 1.165) is 21.2 Å². The molecule has 3 aromatic heterocycles. The van der Waals surface area contributed by atoms with E-state index in [4.69, 9.17) is 17.3 Å². The van der Waals surface area contributed by atoms with Crippen LogP contribution < -0.4 is 5.73 Å². The Hall–Kier alpha value is -1.59. The van der Waals surface area contributed by atoms with E-state index in [1.807, 2.05) is 12.1 Å². The normalized spacial score (nSPS) is 11.1. The van der Waals surface area contributed by atoms with Gasteiger partial charge in [0.05, 0.1) is 20.4 Å². The molecule has 0 saturated heterocycles. The third-order valence-corrected chi connectivity index (χ3v) is 3.29. The summed E-state index contributed by atoms with van der Waals surface area (Å²) in [6.45, 7) is 0. The van der Waals surface area contributed by atoms with Gasteiger partial charge in [0.15, 0.2) is 11.5 Å². The molecule has 0 unspecified atom stereocenters. The van der Waals surface area contributed by atoms with Crippen molar-refractivity contribution in [3.8, 4) is 10.7 Å². The average Bonchev–Trinajstić information content (AvgIpc) is 2.83.